The number of hydrogen-bond acceptors (Lipinski definition) is 4. The summed E-state index contributed by atoms with van der Waals surface area (Å²) in [5, 5.41) is 21.4. The van der Waals surface area contributed by atoms with Gasteiger partial charge in [-0.05, 0) is 45.7 Å². The third-order valence-electron chi connectivity index (χ3n) is 3.69. The molecule has 0 unspecified atom stereocenters. The molecule has 19 heavy (non-hydrogen) atoms. The number of nitrogens with zero attached hydrogens (tertiary/aromatic N) is 2. The van der Waals surface area contributed by atoms with Crippen molar-refractivity contribution in [3.8, 4) is 6.07 Å². The lowest BCUT2D eigenvalue weighted by atomic mass is 9.95. The van der Waals surface area contributed by atoms with Crippen molar-refractivity contribution in [2.75, 3.05) is 26.2 Å². The third kappa shape index (κ3) is 5.17. The van der Waals surface area contributed by atoms with Gasteiger partial charge in [0.25, 0.3) is 0 Å². The van der Waals surface area contributed by atoms with Gasteiger partial charge >= 0.3 is 0 Å². The summed E-state index contributed by atoms with van der Waals surface area (Å²) >= 11 is 0. The fourth-order valence-electron chi connectivity index (χ4n) is 2.09. The number of rotatable bonds is 5. The molecule has 1 aliphatic rings. The summed E-state index contributed by atoms with van der Waals surface area (Å²) in [4.78, 5) is 13.9. The number of aliphatic hydroxyl groups excluding tert-OH is 1. The Morgan fingerprint density at radius 1 is 1.53 bits per heavy atom. The molecular formula is C14H25N3O2. The van der Waals surface area contributed by atoms with Crippen LogP contribution in [0.2, 0.25) is 0 Å². The summed E-state index contributed by atoms with van der Waals surface area (Å²) in [5.41, 5.74) is -1.04. The van der Waals surface area contributed by atoms with Crippen LogP contribution in [0.1, 0.15) is 33.6 Å². The summed E-state index contributed by atoms with van der Waals surface area (Å²) in [6, 6.07) is 1.95. The Labute approximate surface area is 115 Å². The Kier molecular flexibility index (Phi) is 5.77. The Balaban J connectivity index is 2.27. The standard InChI is InChI=1S/C14H25N3O2/c1-11-4-6-17(7-5-11)9-12(18)8-16-13(19)14(2,3)10-15/h11-12,18H,4-9H2,1-3H3,(H,16,19)/t12-/m1/s1. The molecular weight excluding hydrogens is 242 g/mol. The molecule has 1 amide bonds. The van der Waals surface area contributed by atoms with Crippen molar-refractivity contribution in [3.05, 3.63) is 0 Å². The second kappa shape index (κ2) is 6.88. The lowest BCUT2D eigenvalue weighted by molar-refractivity contribution is -0.127. The molecule has 0 aromatic carbocycles. The molecule has 2 N–H and O–H groups in total. The van der Waals surface area contributed by atoms with Gasteiger partial charge in [-0.2, -0.15) is 5.26 Å². The molecule has 1 atom stereocenters. The highest BCUT2D eigenvalue weighted by molar-refractivity contribution is 5.84. The highest BCUT2D eigenvalue weighted by Crippen LogP contribution is 2.16. The summed E-state index contributed by atoms with van der Waals surface area (Å²) < 4.78 is 0. The summed E-state index contributed by atoms with van der Waals surface area (Å²) in [5.74, 6) is 0.436. The quantitative estimate of drug-likeness (QED) is 0.770. The number of amides is 1. The average molecular weight is 267 g/mol. The maximum atomic E-state index is 11.7. The topological polar surface area (TPSA) is 76.4 Å². The van der Waals surface area contributed by atoms with E-state index in [-0.39, 0.29) is 12.5 Å². The van der Waals surface area contributed by atoms with Gasteiger partial charge in [0.05, 0.1) is 12.2 Å². The molecule has 1 aliphatic heterocycles. The summed E-state index contributed by atoms with van der Waals surface area (Å²) in [6.07, 6.45) is 1.76. The number of hydrogen-bond donors (Lipinski definition) is 2. The Bertz CT molecular complexity index is 341. The largest absolute Gasteiger partial charge is 0.390 e. The van der Waals surface area contributed by atoms with Crippen LogP contribution < -0.4 is 5.32 Å². The predicted molar refractivity (Wildman–Crippen MR) is 73.2 cm³/mol. The Hall–Kier alpha value is -1.12. The second-order valence-electron chi connectivity index (χ2n) is 6.08. The van der Waals surface area contributed by atoms with Crippen LogP contribution in [0, 0.1) is 22.7 Å². The van der Waals surface area contributed by atoms with Gasteiger partial charge in [0.1, 0.15) is 5.41 Å². The van der Waals surface area contributed by atoms with Crippen LogP contribution in [-0.2, 0) is 4.79 Å². The minimum atomic E-state index is -1.04. The zero-order valence-corrected chi connectivity index (χ0v) is 12.1. The molecule has 1 heterocycles. The minimum absolute atomic E-state index is 0.204. The van der Waals surface area contributed by atoms with Crippen LogP contribution in [0.3, 0.4) is 0 Å². The maximum Gasteiger partial charge on any atom is 0.239 e. The normalized spacial score (nSPS) is 19.7. The number of piperidine rings is 1. The van der Waals surface area contributed by atoms with E-state index in [9.17, 15) is 9.90 Å². The molecule has 0 radical (unpaired) electrons. The van der Waals surface area contributed by atoms with E-state index >= 15 is 0 Å². The van der Waals surface area contributed by atoms with Gasteiger partial charge in [0.2, 0.25) is 5.91 Å². The van der Waals surface area contributed by atoms with Crippen molar-refractivity contribution in [3.63, 3.8) is 0 Å². The third-order valence-corrected chi connectivity index (χ3v) is 3.69. The average Bonchev–Trinajstić information content (AvgIpc) is 2.38. The van der Waals surface area contributed by atoms with Crippen LogP contribution in [-0.4, -0.2) is 48.2 Å². The van der Waals surface area contributed by atoms with Crippen molar-refractivity contribution in [2.24, 2.45) is 11.3 Å². The number of nitriles is 1. The van der Waals surface area contributed by atoms with E-state index in [1.807, 2.05) is 6.07 Å². The van der Waals surface area contributed by atoms with Gasteiger partial charge in [0, 0.05) is 13.1 Å². The Morgan fingerprint density at radius 2 is 2.11 bits per heavy atom. The molecule has 0 bridgehead atoms. The monoisotopic (exact) mass is 267 g/mol. The number of nitrogens with one attached hydrogen (secondary N) is 1. The van der Waals surface area contributed by atoms with E-state index in [2.05, 4.69) is 17.1 Å². The van der Waals surface area contributed by atoms with E-state index in [0.717, 1.165) is 19.0 Å². The number of carbonyl (C=O) groups is 1. The number of aliphatic hydroxyl groups is 1. The van der Waals surface area contributed by atoms with Crippen LogP contribution in [0.15, 0.2) is 0 Å². The van der Waals surface area contributed by atoms with Crippen LogP contribution in [0.4, 0.5) is 0 Å². The van der Waals surface area contributed by atoms with Gasteiger partial charge < -0.3 is 15.3 Å². The SMILES string of the molecule is CC1CCN(C[C@H](O)CNC(=O)C(C)(C)C#N)CC1. The molecule has 0 saturated carbocycles. The van der Waals surface area contributed by atoms with E-state index < -0.39 is 11.5 Å². The first-order valence-corrected chi connectivity index (χ1v) is 6.95. The van der Waals surface area contributed by atoms with Gasteiger partial charge in [-0.3, -0.25) is 4.79 Å². The first-order chi connectivity index (χ1) is 8.85. The van der Waals surface area contributed by atoms with Crippen molar-refractivity contribution in [2.45, 2.75) is 39.7 Å². The lowest BCUT2D eigenvalue weighted by Gasteiger charge is -2.31. The first-order valence-electron chi connectivity index (χ1n) is 6.95. The zero-order chi connectivity index (χ0) is 14.5. The van der Waals surface area contributed by atoms with Crippen LogP contribution >= 0.6 is 0 Å². The van der Waals surface area contributed by atoms with Crippen molar-refractivity contribution < 1.29 is 9.90 Å². The van der Waals surface area contributed by atoms with Crippen molar-refractivity contribution >= 4 is 5.91 Å². The number of carbonyl (C=O) groups excluding carboxylic acids is 1. The molecule has 1 rings (SSSR count). The zero-order valence-electron chi connectivity index (χ0n) is 12.1. The number of likely N-dealkylation sites (tertiary alicyclic amines) is 1. The van der Waals surface area contributed by atoms with E-state index in [0.29, 0.717) is 6.54 Å². The lowest BCUT2D eigenvalue weighted by Crippen LogP contribution is -2.45. The molecule has 0 aliphatic carbocycles. The van der Waals surface area contributed by atoms with Crippen LogP contribution in [0.25, 0.3) is 0 Å². The highest BCUT2D eigenvalue weighted by atomic mass is 16.3. The van der Waals surface area contributed by atoms with Gasteiger partial charge in [-0.15, -0.1) is 0 Å². The highest BCUT2D eigenvalue weighted by Gasteiger charge is 2.27. The molecule has 0 aromatic heterocycles. The van der Waals surface area contributed by atoms with E-state index in [1.165, 1.54) is 12.8 Å². The molecule has 5 heteroatoms. The van der Waals surface area contributed by atoms with Crippen LogP contribution in [0.5, 0.6) is 0 Å². The van der Waals surface area contributed by atoms with Gasteiger partial charge in [-0.1, -0.05) is 6.92 Å². The minimum Gasteiger partial charge on any atom is -0.390 e. The smallest absolute Gasteiger partial charge is 0.239 e. The van der Waals surface area contributed by atoms with E-state index in [1.54, 1.807) is 13.8 Å². The molecule has 108 valence electrons. The molecule has 1 fully saturated rings. The fraction of sp³-hybridized carbons (Fsp3) is 0.857. The van der Waals surface area contributed by atoms with Crippen molar-refractivity contribution in [1.29, 1.82) is 5.26 Å². The molecule has 0 aromatic rings. The second-order valence-corrected chi connectivity index (χ2v) is 6.08. The number of β-amino-alcohol motifs (C(OH)–C–C–N with tert-alkyl or cyclic N) is 1. The predicted octanol–water partition coefficient (Wildman–Crippen LogP) is 0.745. The molecule has 1 saturated heterocycles. The van der Waals surface area contributed by atoms with Gasteiger partial charge in [-0.25, -0.2) is 0 Å². The van der Waals surface area contributed by atoms with Crippen molar-refractivity contribution in [1.82, 2.24) is 10.2 Å². The molecule has 0 spiro atoms. The molecule has 5 nitrogen and oxygen atoms in total. The fourth-order valence-corrected chi connectivity index (χ4v) is 2.09. The summed E-state index contributed by atoms with van der Waals surface area (Å²) in [6.45, 7) is 8.20. The Morgan fingerprint density at radius 3 is 2.63 bits per heavy atom. The van der Waals surface area contributed by atoms with E-state index in [4.69, 9.17) is 5.26 Å². The van der Waals surface area contributed by atoms with Gasteiger partial charge in [0.15, 0.2) is 0 Å². The maximum absolute atomic E-state index is 11.7. The summed E-state index contributed by atoms with van der Waals surface area (Å²) in [7, 11) is 0. The first kappa shape index (κ1) is 15.9.